The molecule has 4 nitrogen and oxygen atoms in total. The van der Waals surface area contributed by atoms with Gasteiger partial charge in [-0.15, -0.1) is 0 Å². The molecule has 2 N–H and O–H groups in total. The fraction of sp³-hybridized carbons (Fsp3) is 0.833. The average molecular weight is 200 g/mol. The molecule has 0 saturated carbocycles. The molecule has 0 fully saturated rings. The van der Waals surface area contributed by atoms with Crippen LogP contribution in [0.2, 0.25) is 0 Å². The number of carbonyl (C=O) groups is 1. The highest BCUT2D eigenvalue weighted by Gasteiger charge is 2.40. The van der Waals surface area contributed by atoms with Crippen molar-refractivity contribution in [3.63, 3.8) is 0 Å². The van der Waals surface area contributed by atoms with Crippen molar-refractivity contribution in [3.05, 3.63) is 0 Å². The summed E-state index contributed by atoms with van der Waals surface area (Å²) >= 11 is 0. The summed E-state index contributed by atoms with van der Waals surface area (Å²) in [5.41, 5.74) is 5.21. The first-order chi connectivity index (χ1) is 5.98. The number of nitrogens with one attached hydrogen (secondary N) is 2. The van der Waals surface area contributed by atoms with E-state index < -0.39 is 12.1 Å². The third-order valence-electron chi connectivity index (χ3n) is 1.09. The number of halogens is 3. The molecule has 13 heavy (non-hydrogen) atoms. The van der Waals surface area contributed by atoms with E-state index in [4.69, 9.17) is 0 Å². The van der Waals surface area contributed by atoms with Gasteiger partial charge in [-0.3, -0.25) is 10.9 Å². The Morgan fingerprint density at radius 3 is 2.54 bits per heavy atom. The molecule has 0 unspecified atom stereocenters. The van der Waals surface area contributed by atoms with Crippen LogP contribution in [-0.2, 0) is 9.53 Å². The van der Waals surface area contributed by atoms with Crippen LogP contribution in [0, 0.1) is 0 Å². The summed E-state index contributed by atoms with van der Waals surface area (Å²) in [5, 5.41) is 0. The van der Waals surface area contributed by atoms with Gasteiger partial charge >= 0.3 is 12.1 Å². The third-order valence-corrected chi connectivity index (χ3v) is 1.09. The zero-order chi connectivity index (χ0) is 10.3. The minimum atomic E-state index is -4.89. The molecule has 0 bridgehead atoms. The summed E-state index contributed by atoms with van der Waals surface area (Å²) in [6.45, 7) is 0.189. The normalized spacial score (nSPS) is 11.4. The van der Waals surface area contributed by atoms with E-state index in [-0.39, 0.29) is 6.61 Å². The number of hydrogen-bond donors (Lipinski definition) is 2. The number of hydrazine groups is 1. The first-order valence-corrected chi connectivity index (χ1v) is 3.62. The van der Waals surface area contributed by atoms with E-state index in [1.54, 1.807) is 7.05 Å². The number of alkyl halides is 3. The number of hydrogen-bond acceptors (Lipinski definition) is 4. The van der Waals surface area contributed by atoms with Gasteiger partial charge in [-0.1, -0.05) is 0 Å². The van der Waals surface area contributed by atoms with Crippen LogP contribution in [-0.4, -0.2) is 32.3 Å². The van der Waals surface area contributed by atoms with E-state index in [0.29, 0.717) is 13.0 Å². The second-order valence-corrected chi connectivity index (χ2v) is 2.16. The quantitative estimate of drug-likeness (QED) is 0.378. The van der Waals surface area contributed by atoms with Gasteiger partial charge in [-0.25, -0.2) is 4.79 Å². The van der Waals surface area contributed by atoms with Gasteiger partial charge in [-0.2, -0.15) is 13.2 Å². The fourth-order valence-corrected chi connectivity index (χ4v) is 0.532. The summed E-state index contributed by atoms with van der Waals surface area (Å²) in [6, 6.07) is 0. The zero-order valence-corrected chi connectivity index (χ0v) is 7.07. The van der Waals surface area contributed by atoms with Gasteiger partial charge in [0.05, 0.1) is 6.61 Å². The molecule has 7 heteroatoms. The molecule has 0 aliphatic heterocycles. The maximum Gasteiger partial charge on any atom is 0.490 e. The Balaban J connectivity index is 3.38. The van der Waals surface area contributed by atoms with Crippen LogP contribution >= 0.6 is 0 Å². The van der Waals surface area contributed by atoms with Crippen molar-refractivity contribution in [1.29, 1.82) is 0 Å². The first kappa shape index (κ1) is 12.2. The highest BCUT2D eigenvalue weighted by Crippen LogP contribution is 2.16. The lowest BCUT2D eigenvalue weighted by Crippen LogP contribution is -2.30. The zero-order valence-electron chi connectivity index (χ0n) is 7.07. The van der Waals surface area contributed by atoms with E-state index in [0.717, 1.165) is 0 Å². The Bertz CT molecular complexity index is 160. The molecular formula is C6H11F3N2O2. The van der Waals surface area contributed by atoms with Crippen molar-refractivity contribution in [1.82, 2.24) is 10.9 Å². The molecule has 0 amide bonds. The summed E-state index contributed by atoms with van der Waals surface area (Å²) in [7, 11) is 1.63. The Morgan fingerprint density at radius 1 is 1.46 bits per heavy atom. The average Bonchev–Trinajstić information content (AvgIpc) is 2.02. The van der Waals surface area contributed by atoms with E-state index in [2.05, 4.69) is 15.6 Å². The predicted octanol–water partition coefficient (Wildman–Crippen LogP) is 0.206. The van der Waals surface area contributed by atoms with Crippen molar-refractivity contribution in [2.75, 3.05) is 20.2 Å². The molecular weight excluding hydrogens is 189 g/mol. The lowest BCUT2D eigenvalue weighted by Gasteiger charge is -2.06. The van der Waals surface area contributed by atoms with Crippen LogP contribution in [0.5, 0.6) is 0 Å². The number of rotatable bonds is 5. The molecule has 0 aliphatic rings. The van der Waals surface area contributed by atoms with Gasteiger partial charge in [0, 0.05) is 6.54 Å². The minimum absolute atomic E-state index is 0.243. The molecule has 0 atom stereocenters. The standard InChI is InChI=1S/C6H11F3N2O2/c1-10-11-3-2-4-13-5(12)6(7,8)9/h10-11H,2-4H2,1H3. The van der Waals surface area contributed by atoms with Crippen LogP contribution in [0.4, 0.5) is 13.2 Å². The van der Waals surface area contributed by atoms with E-state index in [1.807, 2.05) is 0 Å². The van der Waals surface area contributed by atoms with Crippen LogP contribution in [0.1, 0.15) is 6.42 Å². The van der Waals surface area contributed by atoms with Gasteiger partial charge < -0.3 is 4.74 Å². The van der Waals surface area contributed by atoms with Gasteiger partial charge in [0.25, 0.3) is 0 Å². The molecule has 0 heterocycles. The second kappa shape index (κ2) is 5.76. The van der Waals surface area contributed by atoms with Gasteiger partial charge in [0.1, 0.15) is 0 Å². The van der Waals surface area contributed by atoms with Crippen molar-refractivity contribution < 1.29 is 22.7 Å². The molecule has 78 valence electrons. The molecule has 0 aliphatic carbocycles. The molecule has 0 aromatic heterocycles. The van der Waals surface area contributed by atoms with Crippen molar-refractivity contribution >= 4 is 5.97 Å². The summed E-state index contributed by atoms with van der Waals surface area (Å²) in [4.78, 5) is 10.1. The van der Waals surface area contributed by atoms with E-state index in [1.165, 1.54) is 0 Å². The van der Waals surface area contributed by atoms with Crippen molar-refractivity contribution in [2.24, 2.45) is 0 Å². The fourth-order valence-electron chi connectivity index (χ4n) is 0.532. The van der Waals surface area contributed by atoms with Crippen LogP contribution in [0.25, 0.3) is 0 Å². The molecule has 0 radical (unpaired) electrons. The lowest BCUT2D eigenvalue weighted by molar-refractivity contribution is -0.199. The highest BCUT2D eigenvalue weighted by atomic mass is 19.4. The maximum atomic E-state index is 11.5. The Kier molecular flexibility index (Phi) is 5.40. The van der Waals surface area contributed by atoms with Gasteiger partial charge in [0.15, 0.2) is 0 Å². The molecule has 0 spiro atoms. The molecule has 0 rings (SSSR count). The Labute approximate surface area is 73.4 Å². The largest absolute Gasteiger partial charge is 0.490 e. The lowest BCUT2D eigenvalue weighted by atomic mass is 10.4. The van der Waals surface area contributed by atoms with E-state index >= 15 is 0 Å². The van der Waals surface area contributed by atoms with Crippen molar-refractivity contribution in [2.45, 2.75) is 12.6 Å². The Morgan fingerprint density at radius 2 is 2.08 bits per heavy atom. The molecule has 0 aromatic rings. The Hall–Kier alpha value is -0.820. The summed E-state index contributed by atoms with van der Waals surface area (Å²) < 4.78 is 38.5. The number of carbonyl (C=O) groups excluding carboxylic acids is 1. The predicted molar refractivity (Wildman–Crippen MR) is 38.7 cm³/mol. The third kappa shape index (κ3) is 6.35. The SMILES string of the molecule is CNNCCCOC(=O)C(F)(F)F. The van der Waals surface area contributed by atoms with E-state index in [9.17, 15) is 18.0 Å². The van der Waals surface area contributed by atoms with Gasteiger partial charge in [0.2, 0.25) is 0 Å². The van der Waals surface area contributed by atoms with Gasteiger partial charge in [-0.05, 0) is 13.5 Å². The molecule has 0 aromatic carbocycles. The minimum Gasteiger partial charge on any atom is -0.459 e. The van der Waals surface area contributed by atoms with Crippen LogP contribution < -0.4 is 10.9 Å². The number of ether oxygens (including phenoxy) is 1. The monoisotopic (exact) mass is 200 g/mol. The van der Waals surface area contributed by atoms with Crippen LogP contribution in [0.15, 0.2) is 0 Å². The summed E-state index contributed by atoms with van der Waals surface area (Å²) in [5.74, 6) is -2.14. The molecule has 0 saturated heterocycles. The number of esters is 1. The topological polar surface area (TPSA) is 50.4 Å². The summed E-state index contributed by atoms with van der Waals surface area (Å²) in [6.07, 6.45) is -4.57. The van der Waals surface area contributed by atoms with Crippen LogP contribution in [0.3, 0.4) is 0 Å². The highest BCUT2D eigenvalue weighted by molar-refractivity contribution is 5.75. The first-order valence-electron chi connectivity index (χ1n) is 3.62. The maximum absolute atomic E-state index is 11.5. The van der Waals surface area contributed by atoms with Crippen molar-refractivity contribution in [3.8, 4) is 0 Å². The second-order valence-electron chi connectivity index (χ2n) is 2.16. The smallest absolute Gasteiger partial charge is 0.459 e.